The molecular formula is C56H36N4. The molecule has 0 aliphatic heterocycles. The summed E-state index contributed by atoms with van der Waals surface area (Å²) < 4.78 is 2.37. The minimum Gasteiger partial charge on any atom is -0.355 e. The highest BCUT2D eigenvalue weighted by Crippen LogP contribution is 2.39. The summed E-state index contributed by atoms with van der Waals surface area (Å²) in [5.41, 5.74) is 15.1. The van der Waals surface area contributed by atoms with E-state index in [2.05, 4.69) is 222 Å². The minimum absolute atomic E-state index is 0.909. The Morgan fingerprint density at radius 3 is 1.90 bits per heavy atom. The second-order valence-corrected chi connectivity index (χ2v) is 15.5. The third-order valence-electron chi connectivity index (χ3n) is 11.9. The molecular weight excluding hydrogens is 729 g/mol. The predicted octanol–water partition coefficient (Wildman–Crippen LogP) is 14.9. The number of benzene rings is 9. The molecule has 0 spiro atoms. The first-order chi connectivity index (χ1) is 29.7. The van der Waals surface area contributed by atoms with Gasteiger partial charge in [0.25, 0.3) is 0 Å². The minimum atomic E-state index is 0.909. The maximum atomic E-state index is 5.31. The second-order valence-electron chi connectivity index (χ2n) is 15.5. The Morgan fingerprint density at radius 2 is 1.05 bits per heavy atom. The topological polar surface area (TPSA) is 42.7 Å². The van der Waals surface area contributed by atoms with Crippen LogP contribution in [0.15, 0.2) is 212 Å². The Labute approximate surface area is 346 Å². The average Bonchev–Trinajstić information content (AvgIpc) is 3.65. The van der Waals surface area contributed by atoms with Gasteiger partial charge < -0.3 is 9.88 Å². The molecule has 3 aromatic heterocycles. The van der Waals surface area contributed by atoms with Crippen LogP contribution in [0.4, 0.5) is 11.4 Å². The molecule has 12 aromatic rings. The van der Waals surface area contributed by atoms with E-state index in [-0.39, 0.29) is 0 Å². The number of aromatic nitrogens is 3. The molecule has 12 rings (SSSR count). The normalized spacial score (nSPS) is 11.7. The van der Waals surface area contributed by atoms with Gasteiger partial charge in [-0.25, -0.2) is 9.97 Å². The third-order valence-corrected chi connectivity index (χ3v) is 11.9. The Morgan fingerprint density at radius 1 is 0.383 bits per heavy atom. The van der Waals surface area contributed by atoms with Crippen molar-refractivity contribution >= 4 is 76.7 Å². The van der Waals surface area contributed by atoms with Gasteiger partial charge in [-0.15, -0.1) is 0 Å². The number of pyridine rings is 2. The van der Waals surface area contributed by atoms with Gasteiger partial charge in [0.05, 0.1) is 33.3 Å². The molecule has 1 N–H and O–H groups in total. The van der Waals surface area contributed by atoms with E-state index in [0.29, 0.717) is 0 Å². The van der Waals surface area contributed by atoms with Crippen LogP contribution in [-0.2, 0) is 0 Å². The molecule has 0 bridgehead atoms. The summed E-state index contributed by atoms with van der Waals surface area (Å²) in [5, 5.41) is 11.9. The first kappa shape index (κ1) is 34.0. The first-order valence-corrected chi connectivity index (χ1v) is 20.4. The molecule has 9 aromatic carbocycles. The third kappa shape index (κ3) is 5.61. The summed E-state index contributed by atoms with van der Waals surface area (Å²) in [6, 6.07) is 75.6. The standard InChI is InChI=1S/C56H36N4/c1-2-13-36(14-3-1)54-47-20-5-9-22-51(47)59-56-48(54)31-28-37-29-32-49(58-55(37)56)41-26-25-39-34-42(30-27-38(39)33-41)57-50-21-8-4-17-44(50)40-15-12-16-43(35-40)60-52-23-10-6-18-45(52)46-19-7-11-24-53(46)60/h1-35,57H. The maximum absolute atomic E-state index is 5.31. The van der Waals surface area contributed by atoms with Gasteiger partial charge >= 0.3 is 0 Å². The number of hydrogen-bond acceptors (Lipinski definition) is 3. The van der Waals surface area contributed by atoms with Crippen LogP contribution in [0.25, 0.3) is 104 Å². The molecule has 0 saturated carbocycles. The quantitative estimate of drug-likeness (QED) is 0.135. The fraction of sp³-hybridized carbons (Fsp3) is 0. The van der Waals surface area contributed by atoms with E-state index in [9.17, 15) is 0 Å². The van der Waals surface area contributed by atoms with Crippen molar-refractivity contribution in [1.29, 1.82) is 0 Å². The zero-order chi connectivity index (χ0) is 39.6. The largest absolute Gasteiger partial charge is 0.355 e. The van der Waals surface area contributed by atoms with Gasteiger partial charge in [-0.05, 0) is 82.6 Å². The number of nitrogens with one attached hydrogen (secondary N) is 1. The summed E-state index contributed by atoms with van der Waals surface area (Å²) in [6.45, 7) is 0. The van der Waals surface area contributed by atoms with Gasteiger partial charge in [0.1, 0.15) is 0 Å². The van der Waals surface area contributed by atoms with E-state index in [1.165, 1.54) is 32.9 Å². The molecule has 4 heteroatoms. The fourth-order valence-corrected chi connectivity index (χ4v) is 9.11. The number of anilines is 2. The van der Waals surface area contributed by atoms with Crippen LogP contribution in [0.2, 0.25) is 0 Å². The van der Waals surface area contributed by atoms with Crippen molar-refractivity contribution in [3.63, 3.8) is 0 Å². The average molecular weight is 765 g/mol. The van der Waals surface area contributed by atoms with E-state index in [4.69, 9.17) is 9.97 Å². The lowest BCUT2D eigenvalue weighted by Gasteiger charge is -2.15. The number of rotatable bonds is 6. The molecule has 0 saturated heterocycles. The van der Waals surface area contributed by atoms with Crippen molar-refractivity contribution in [2.24, 2.45) is 0 Å². The number of hydrogen-bond donors (Lipinski definition) is 1. The van der Waals surface area contributed by atoms with Gasteiger partial charge in [0.2, 0.25) is 0 Å². The van der Waals surface area contributed by atoms with E-state index < -0.39 is 0 Å². The summed E-state index contributed by atoms with van der Waals surface area (Å²) in [4.78, 5) is 10.5. The van der Waals surface area contributed by atoms with Crippen LogP contribution in [0.3, 0.4) is 0 Å². The van der Waals surface area contributed by atoms with E-state index in [1.54, 1.807) is 0 Å². The Balaban J connectivity index is 0.887. The molecule has 280 valence electrons. The second kappa shape index (κ2) is 13.8. The van der Waals surface area contributed by atoms with Crippen molar-refractivity contribution in [1.82, 2.24) is 14.5 Å². The van der Waals surface area contributed by atoms with Crippen LogP contribution in [0.1, 0.15) is 0 Å². The van der Waals surface area contributed by atoms with Crippen molar-refractivity contribution < 1.29 is 0 Å². The van der Waals surface area contributed by atoms with Crippen LogP contribution in [-0.4, -0.2) is 14.5 Å². The number of fused-ring (bicyclic) bond motifs is 8. The van der Waals surface area contributed by atoms with Gasteiger partial charge in [0.15, 0.2) is 0 Å². The molecule has 0 amide bonds. The molecule has 4 nitrogen and oxygen atoms in total. The molecule has 60 heavy (non-hydrogen) atoms. The first-order valence-electron chi connectivity index (χ1n) is 20.4. The van der Waals surface area contributed by atoms with Gasteiger partial charge in [-0.1, -0.05) is 152 Å². The van der Waals surface area contributed by atoms with Gasteiger partial charge in [0, 0.05) is 60.7 Å². The van der Waals surface area contributed by atoms with Crippen LogP contribution in [0, 0.1) is 0 Å². The molecule has 0 radical (unpaired) electrons. The SMILES string of the molecule is c1ccc(-c2c3ccccc3nc3c2ccc2ccc(-c4ccc5cc(Nc6ccccc6-c6cccc(-n7c8ccccc8c8ccccc87)c6)ccc5c4)nc23)cc1. The van der Waals surface area contributed by atoms with Crippen molar-refractivity contribution in [2.75, 3.05) is 5.32 Å². The number of para-hydroxylation sites is 4. The van der Waals surface area contributed by atoms with E-state index in [0.717, 1.165) is 82.9 Å². The molecule has 0 unspecified atom stereocenters. The molecule has 0 aliphatic carbocycles. The van der Waals surface area contributed by atoms with Crippen LogP contribution >= 0.6 is 0 Å². The van der Waals surface area contributed by atoms with Crippen molar-refractivity contribution in [3.8, 4) is 39.2 Å². The summed E-state index contributed by atoms with van der Waals surface area (Å²) >= 11 is 0. The lowest BCUT2D eigenvalue weighted by Crippen LogP contribution is -1.96. The molecule has 0 aliphatic rings. The van der Waals surface area contributed by atoms with Crippen LogP contribution < -0.4 is 5.32 Å². The summed E-state index contributed by atoms with van der Waals surface area (Å²) in [6.07, 6.45) is 0. The van der Waals surface area contributed by atoms with Crippen LogP contribution in [0.5, 0.6) is 0 Å². The van der Waals surface area contributed by atoms with Gasteiger partial charge in [-0.2, -0.15) is 0 Å². The molecule has 0 atom stereocenters. The summed E-state index contributed by atoms with van der Waals surface area (Å²) in [7, 11) is 0. The lowest BCUT2D eigenvalue weighted by molar-refractivity contribution is 1.18. The highest BCUT2D eigenvalue weighted by Gasteiger charge is 2.16. The fourth-order valence-electron chi connectivity index (χ4n) is 9.11. The Bertz CT molecular complexity index is 3590. The van der Waals surface area contributed by atoms with E-state index in [1.807, 2.05) is 0 Å². The highest BCUT2D eigenvalue weighted by molar-refractivity contribution is 6.16. The Kier molecular flexibility index (Phi) is 7.82. The highest BCUT2D eigenvalue weighted by atomic mass is 15.0. The molecule has 3 heterocycles. The smallest absolute Gasteiger partial charge is 0.0978 e. The van der Waals surface area contributed by atoms with E-state index >= 15 is 0 Å². The van der Waals surface area contributed by atoms with Crippen molar-refractivity contribution in [2.45, 2.75) is 0 Å². The molecule has 0 fully saturated rings. The van der Waals surface area contributed by atoms with Crippen molar-refractivity contribution in [3.05, 3.63) is 212 Å². The number of nitrogens with zero attached hydrogens (tertiary/aromatic N) is 3. The van der Waals surface area contributed by atoms with Gasteiger partial charge in [-0.3, -0.25) is 0 Å². The zero-order valence-corrected chi connectivity index (χ0v) is 32.5. The zero-order valence-electron chi connectivity index (χ0n) is 32.5. The monoisotopic (exact) mass is 764 g/mol. The predicted molar refractivity (Wildman–Crippen MR) is 252 cm³/mol. The lowest BCUT2D eigenvalue weighted by atomic mass is 9.95. The maximum Gasteiger partial charge on any atom is 0.0978 e. The Hall–Kier alpha value is -8.08. The summed E-state index contributed by atoms with van der Waals surface area (Å²) in [5.74, 6) is 0.